The van der Waals surface area contributed by atoms with Gasteiger partial charge in [-0.25, -0.2) is 9.18 Å². The molecular formula is C7H5BrFNO2. The summed E-state index contributed by atoms with van der Waals surface area (Å²) >= 11 is 2.99. The highest BCUT2D eigenvalue weighted by Crippen LogP contribution is 2.25. The molecule has 0 aromatic heterocycles. The van der Waals surface area contributed by atoms with Gasteiger partial charge in [0.2, 0.25) is 0 Å². The van der Waals surface area contributed by atoms with Gasteiger partial charge in [0.25, 0.3) is 0 Å². The zero-order chi connectivity index (χ0) is 9.30. The lowest BCUT2D eigenvalue weighted by atomic mass is 10.2. The summed E-state index contributed by atoms with van der Waals surface area (Å²) in [6.45, 7) is 0. The van der Waals surface area contributed by atoms with Crippen molar-refractivity contribution in [2.24, 2.45) is 0 Å². The van der Waals surface area contributed by atoms with Gasteiger partial charge in [-0.2, -0.15) is 0 Å². The Hall–Kier alpha value is -1.10. The molecule has 3 N–H and O–H groups in total. The number of rotatable bonds is 1. The molecule has 12 heavy (non-hydrogen) atoms. The van der Waals surface area contributed by atoms with Crippen molar-refractivity contribution >= 4 is 27.6 Å². The molecule has 0 amide bonds. The Kier molecular flexibility index (Phi) is 2.32. The highest BCUT2D eigenvalue weighted by atomic mass is 79.9. The minimum atomic E-state index is -1.37. The number of halogens is 2. The molecule has 5 heteroatoms. The molecule has 0 aliphatic carbocycles. The molecule has 0 bridgehead atoms. The first-order valence-corrected chi connectivity index (χ1v) is 3.80. The monoisotopic (exact) mass is 233 g/mol. The molecule has 64 valence electrons. The standard InChI is InChI=1S/C7H5BrFNO2/c8-3-1-2-4(9)5(6(3)10)7(11)12/h1-2H,10H2,(H,11,12). The summed E-state index contributed by atoms with van der Waals surface area (Å²) in [5.41, 5.74) is 4.73. The van der Waals surface area contributed by atoms with Crippen LogP contribution in [0.4, 0.5) is 10.1 Å². The van der Waals surface area contributed by atoms with Crippen LogP contribution in [0.1, 0.15) is 10.4 Å². The fourth-order valence-electron chi connectivity index (χ4n) is 0.785. The number of hydrogen-bond donors (Lipinski definition) is 2. The summed E-state index contributed by atoms with van der Waals surface area (Å²) in [5, 5.41) is 8.53. The van der Waals surface area contributed by atoms with Crippen molar-refractivity contribution in [1.82, 2.24) is 0 Å². The first-order valence-electron chi connectivity index (χ1n) is 3.01. The number of carbonyl (C=O) groups is 1. The molecule has 0 heterocycles. The molecule has 0 atom stereocenters. The average molecular weight is 234 g/mol. The summed E-state index contributed by atoms with van der Waals surface area (Å²) in [5.74, 6) is -2.20. The van der Waals surface area contributed by atoms with Crippen LogP contribution in [-0.2, 0) is 0 Å². The summed E-state index contributed by atoms with van der Waals surface area (Å²) < 4.78 is 13.2. The molecule has 0 fully saturated rings. The zero-order valence-corrected chi connectivity index (χ0v) is 7.43. The van der Waals surface area contributed by atoms with E-state index >= 15 is 0 Å². The lowest BCUT2D eigenvalue weighted by Gasteiger charge is -2.03. The normalized spacial score (nSPS) is 9.83. The van der Waals surface area contributed by atoms with E-state index in [0.717, 1.165) is 6.07 Å². The number of benzene rings is 1. The highest BCUT2D eigenvalue weighted by Gasteiger charge is 2.15. The van der Waals surface area contributed by atoms with Crippen molar-refractivity contribution in [2.45, 2.75) is 0 Å². The van der Waals surface area contributed by atoms with E-state index < -0.39 is 17.3 Å². The molecule has 0 radical (unpaired) electrons. The largest absolute Gasteiger partial charge is 0.478 e. The first-order chi connectivity index (χ1) is 5.54. The van der Waals surface area contributed by atoms with E-state index in [9.17, 15) is 9.18 Å². The van der Waals surface area contributed by atoms with Gasteiger partial charge >= 0.3 is 5.97 Å². The molecule has 1 rings (SSSR count). The van der Waals surface area contributed by atoms with Gasteiger partial charge < -0.3 is 10.8 Å². The van der Waals surface area contributed by atoms with Crippen LogP contribution in [0.2, 0.25) is 0 Å². The van der Waals surface area contributed by atoms with Crippen LogP contribution in [0.25, 0.3) is 0 Å². The molecule has 0 aliphatic heterocycles. The van der Waals surface area contributed by atoms with Crippen LogP contribution in [-0.4, -0.2) is 11.1 Å². The number of nitrogens with two attached hydrogens (primary N) is 1. The molecule has 0 saturated heterocycles. The maximum atomic E-state index is 12.8. The minimum Gasteiger partial charge on any atom is -0.478 e. The van der Waals surface area contributed by atoms with E-state index in [2.05, 4.69) is 15.9 Å². The number of anilines is 1. The maximum Gasteiger partial charge on any atom is 0.340 e. The van der Waals surface area contributed by atoms with Crippen molar-refractivity contribution in [3.63, 3.8) is 0 Å². The Labute approximate surface area is 76.1 Å². The van der Waals surface area contributed by atoms with E-state index in [1.807, 2.05) is 0 Å². The van der Waals surface area contributed by atoms with Crippen molar-refractivity contribution < 1.29 is 14.3 Å². The lowest BCUT2D eigenvalue weighted by Crippen LogP contribution is -2.06. The van der Waals surface area contributed by atoms with E-state index in [1.54, 1.807) is 0 Å². The van der Waals surface area contributed by atoms with Crippen LogP contribution < -0.4 is 5.73 Å². The van der Waals surface area contributed by atoms with Crippen LogP contribution >= 0.6 is 15.9 Å². The third kappa shape index (κ3) is 1.40. The fourth-order valence-corrected chi connectivity index (χ4v) is 1.12. The fraction of sp³-hybridized carbons (Fsp3) is 0. The molecule has 1 aromatic rings. The molecule has 0 spiro atoms. The second kappa shape index (κ2) is 3.10. The number of aromatic carboxylic acids is 1. The van der Waals surface area contributed by atoms with Gasteiger partial charge in [0, 0.05) is 4.47 Å². The van der Waals surface area contributed by atoms with E-state index in [1.165, 1.54) is 6.07 Å². The summed E-state index contributed by atoms with van der Waals surface area (Å²) in [6, 6.07) is 2.40. The molecule has 0 saturated carbocycles. The second-order valence-corrected chi connectivity index (χ2v) is 2.98. The van der Waals surface area contributed by atoms with Gasteiger partial charge in [0.15, 0.2) is 0 Å². The quantitative estimate of drug-likeness (QED) is 0.729. The van der Waals surface area contributed by atoms with E-state index in [4.69, 9.17) is 10.8 Å². The summed E-state index contributed by atoms with van der Waals surface area (Å²) in [7, 11) is 0. The van der Waals surface area contributed by atoms with E-state index in [-0.39, 0.29) is 5.69 Å². The van der Waals surface area contributed by atoms with Crippen LogP contribution in [0, 0.1) is 5.82 Å². The third-order valence-corrected chi connectivity index (χ3v) is 2.05. The first kappa shape index (κ1) is 8.99. The zero-order valence-electron chi connectivity index (χ0n) is 5.84. The van der Waals surface area contributed by atoms with Crippen LogP contribution in [0.5, 0.6) is 0 Å². The molecule has 3 nitrogen and oxygen atoms in total. The molecular weight excluding hydrogens is 229 g/mol. The van der Waals surface area contributed by atoms with Gasteiger partial charge in [-0.05, 0) is 28.1 Å². The smallest absolute Gasteiger partial charge is 0.340 e. The number of carboxylic acids is 1. The average Bonchev–Trinajstić information content (AvgIpc) is 1.97. The Morgan fingerprint density at radius 2 is 2.17 bits per heavy atom. The lowest BCUT2D eigenvalue weighted by molar-refractivity contribution is 0.0693. The third-order valence-electron chi connectivity index (χ3n) is 1.36. The summed E-state index contributed by atoms with van der Waals surface area (Å²) in [4.78, 5) is 10.5. The predicted octanol–water partition coefficient (Wildman–Crippen LogP) is 1.87. The Morgan fingerprint density at radius 3 is 2.58 bits per heavy atom. The number of hydrogen-bond acceptors (Lipinski definition) is 2. The SMILES string of the molecule is Nc1c(Br)ccc(F)c1C(=O)O. The Bertz CT molecular complexity index is 340. The second-order valence-electron chi connectivity index (χ2n) is 2.12. The van der Waals surface area contributed by atoms with Gasteiger partial charge in [-0.1, -0.05) is 0 Å². The van der Waals surface area contributed by atoms with Gasteiger partial charge in [-0.15, -0.1) is 0 Å². The van der Waals surface area contributed by atoms with Gasteiger partial charge in [0.05, 0.1) is 5.69 Å². The van der Waals surface area contributed by atoms with Crippen molar-refractivity contribution in [3.05, 3.63) is 28.0 Å². The minimum absolute atomic E-state index is 0.0949. The predicted molar refractivity (Wildman–Crippen MR) is 45.5 cm³/mol. The van der Waals surface area contributed by atoms with Crippen molar-refractivity contribution in [1.29, 1.82) is 0 Å². The maximum absolute atomic E-state index is 12.8. The molecule has 1 aromatic carbocycles. The van der Waals surface area contributed by atoms with Crippen LogP contribution in [0.3, 0.4) is 0 Å². The topological polar surface area (TPSA) is 63.3 Å². The molecule has 0 unspecified atom stereocenters. The molecule has 0 aliphatic rings. The Morgan fingerprint density at radius 1 is 1.58 bits per heavy atom. The van der Waals surface area contributed by atoms with Crippen molar-refractivity contribution in [3.8, 4) is 0 Å². The summed E-state index contributed by atoms with van der Waals surface area (Å²) in [6.07, 6.45) is 0. The number of carboxylic acid groups (broad SMARTS) is 1. The van der Waals surface area contributed by atoms with E-state index in [0.29, 0.717) is 4.47 Å². The van der Waals surface area contributed by atoms with Crippen molar-refractivity contribution in [2.75, 3.05) is 5.73 Å². The highest BCUT2D eigenvalue weighted by molar-refractivity contribution is 9.10. The van der Waals surface area contributed by atoms with Gasteiger partial charge in [0.1, 0.15) is 11.4 Å². The number of nitrogen functional groups attached to an aromatic ring is 1. The van der Waals surface area contributed by atoms with Gasteiger partial charge in [-0.3, -0.25) is 0 Å². The Balaban J connectivity index is 3.43. The van der Waals surface area contributed by atoms with Crippen LogP contribution in [0.15, 0.2) is 16.6 Å².